The number of aryl methyl sites for hydroxylation is 1. The van der Waals surface area contributed by atoms with E-state index in [-0.39, 0.29) is 0 Å². The molecule has 5 heteroatoms. The van der Waals surface area contributed by atoms with Crippen LogP contribution in [0.2, 0.25) is 0 Å². The first-order valence-electron chi connectivity index (χ1n) is 3.48. The molecule has 0 saturated heterocycles. The second kappa shape index (κ2) is 3.36. The Bertz CT molecular complexity index is 282. The summed E-state index contributed by atoms with van der Waals surface area (Å²) in [5.74, 6) is -0.478. The Hall–Kier alpha value is -1.36. The molecule has 5 nitrogen and oxygen atoms in total. The van der Waals surface area contributed by atoms with Crippen molar-refractivity contribution < 1.29 is 9.53 Å². The lowest BCUT2D eigenvalue weighted by molar-refractivity contribution is -0.142. The van der Waals surface area contributed by atoms with Crippen molar-refractivity contribution in [2.75, 3.05) is 7.11 Å². The minimum atomic E-state index is -0.781. The average Bonchev–Trinajstić information content (AvgIpc) is 2.49. The van der Waals surface area contributed by atoms with Crippen molar-refractivity contribution in [3.05, 3.63) is 18.0 Å². The van der Waals surface area contributed by atoms with E-state index in [9.17, 15) is 4.79 Å². The van der Waals surface area contributed by atoms with Gasteiger partial charge in [-0.15, -0.1) is 0 Å². The highest BCUT2D eigenvalue weighted by atomic mass is 16.5. The smallest absolute Gasteiger partial charge is 0.328 e. The van der Waals surface area contributed by atoms with Gasteiger partial charge in [-0.1, -0.05) is 0 Å². The van der Waals surface area contributed by atoms with Gasteiger partial charge in [0, 0.05) is 13.2 Å². The fourth-order valence-electron chi connectivity index (χ4n) is 0.847. The minimum Gasteiger partial charge on any atom is -0.468 e. The van der Waals surface area contributed by atoms with E-state index in [1.807, 2.05) is 0 Å². The number of esters is 1. The Morgan fingerprint density at radius 3 is 2.92 bits per heavy atom. The Morgan fingerprint density at radius 1 is 1.83 bits per heavy atom. The molecule has 0 amide bonds. The fraction of sp³-hybridized carbons (Fsp3) is 0.429. The summed E-state index contributed by atoms with van der Waals surface area (Å²) in [7, 11) is 3.05. The zero-order valence-electron chi connectivity index (χ0n) is 7.02. The van der Waals surface area contributed by atoms with Gasteiger partial charge in [-0.3, -0.25) is 4.68 Å². The minimum absolute atomic E-state index is 0.478. The number of nitrogens with two attached hydrogens (primary N) is 1. The molecule has 12 heavy (non-hydrogen) atoms. The molecule has 0 radical (unpaired) electrons. The Labute approximate surface area is 70.1 Å². The number of rotatable bonds is 2. The van der Waals surface area contributed by atoms with Gasteiger partial charge < -0.3 is 10.5 Å². The van der Waals surface area contributed by atoms with E-state index in [2.05, 4.69) is 9.84 Å². The molecule has 66 valence electrons. The molecule has 0 aromatic carbocycles. The summed E-state index contributed by atoms with van der Waals surface area (Å²) in [4.78, 5) is 10.9. The van der Waals surface area contributed by atoms with Gasteiger partial charge in [-0.05, 0) is 6.07 Å². The Balaban J connectivity index is 2.77. The molecule has 0 aliphatic heterocycles. The molecule has 1 aromatic heterocycles. The van der Waals surface area contributed by atoms with E-state index < -0.39 is 12.0 Å². The van der Waals surface area contributed by atoms with Crippen molar-refractivity contribution in [2.24, 2.45) is 12.8 Å². The van der Waals surface area contributed by atoms with Gasteiger partial charge in [0.2, 0.25) is 0 Å². The Kier molecular flexibility index (Phi) is 2.44. The standard InChI is InChI=1S/C7H11N3O2/c1-10-4-3-5(9-10)6(8)7(11)12-2/h3-4,6H,8H2,1-2H3. The number of carbonyl (C=O) groups is 1. The molecule has 0 saturated carbocycles. The average molecular weight is 169 g/mol. The molecule has 0 fully saturated rings. The third kappa shape index (κ3) is 1.62. The first-order valence-corrected chi connectivity index (χ1v) is 3.48. The summed E-state index contributed by atoms with van der Waals surface area (Å²) in [5.41, 5.74) is 6.03. The third-order valence-electron chi connectivity index (χ3n) is 1.51. The zero-order valence-corrected chi connectivity index (χ0v) is 7.02. The van der Waals surface area contributed by atoms with E-state index in [4.69, 9.17) is 5.73 Å². The molecule has 0 bridgehead atoms. The summed E-state index contributed by atoms with van der Waals surface area (Å²) in [6, 6.07) is 0.901. The summed E-state index contributed by atoms with van der Waals surface area (Å²) in [6.45, 7) is 0. The fourth-order valence-corrected chi connectivity index (χ4v) is 0.847. The van der Waals surface area contributed by atoms with E-state index in [1.165, 1.54) is 7.11 Å². The SMILES string of the molecule is COC(=O)C(N)c1ccn(C)n1. The molecule has 0 aliphatic carbocycles. The summed E-state index contributed by atoms with van der Waals surface area (Å²) in [5, 5.41) is 3.97. The molecule has 0 spiro atoms. The highest BCUT2D eigenvalue weighted by molar-refractivity contribution is 5.76. The Morgan fingerprint density at radius 2 is 2.50 bits per heavy atom. The number of hydrogen-bond acceptors (Lipinski definition) is 4. The van der Waals surface area contributed by atoms with Crippen molar-refractivity contribution in [1.29, 1.82) is 0 Å². The molecule has 2 N–H and O–H groups in total. The first kappa shape index (κ1) is 8.73. The lowest BCUT2D eigenvalue weighted by Crippen LogP contribution is -2.23. The molecular weight excluding hydrogens is 158 g/mol. The molecule has 1 heterocycles. The maximum Gasteiger partial charge on any atom is 0.328 e. The molecular formula is C7H11N3O2. The second-order valence-electron chi connectivity index (χ2n) is 2.42. The van der Waals surface area contributed by atoms with Crippen LogP contribution >= 0.6 is 0 Å². The molecule has 1 atom stereocenters. The molecule has 1 rings (SSSR count). The largest absolute Gasteiger partial charge is 0.468 e. The topological polar surface area (TPSA) is 70.1 Å². The lowest BCUT2D eigenvalue weighted by Gasteiger charge is -2.04. The van der Waals surface area contributed by atoms with Gasteiger partial charge in [0.25, 0.3) is 0 Å². The van der Waals surface area contributed by atoms with Crippen molar-refractivity contribution in [3.8, 4) is 0 Å². The first-order chi connectivity index (χ1) is 5.65. The highest BCUT2D eigenvalue weighted by Crippen LogP contribution is 2.07. The monoisotopic (exact) mass is 169 g/mol. The van der Waals surface area contributed by atoms with Gasteiger partial charge in [0.05, 0.1) is 12.8 Å². The zero-order chi connectivity index (χ0) is 9.14. The molecule has 1 unspecified atom stereocenters. The number of aromatic nitrogens is 2. The van der Waals surface area contributed by atoms with Crippen LogP contribution in [0.25, 0.3) is 0 Å². The van der Waals surface area contributed by atoms with Crippen LogP contribution in [-0.4, -0.2) is 22.9 Å². The summed E-state index contributed by atoms with van der Waals surface area (Å²) < 4.78 is 6.04. The van der Waals surface area contributed by atoms with Crippen molar-refractivity contribution in [2.45, 2.75) is 6.04 Å². The highest BCUT2D eigenvalue weighted by Gasteiger charge is 2.17. The second-order valence-corrected chi connectivity index (χ2v) is 2.42. The van der Waals surface area contributed by atoms with Gasteiger partial charge in [-0.2, -0.15) is 5.10 Å². The predicted octanol–water partition coefficient (Wildman–Crippen LogP) is -0.407. The van der Waals surface area contributed by atoms with Crippen LogP contribution < -0.4 is 5.73 Å². The van der Waals surface area contributed by atoms with E-state index >= 15 is 0 Å². The van der Waals surface area contributed by atoms with Crippen LogP contribution in [0.1, 0.15) is 11.7 Å². The van der Waals surface area contributed by atoms with Crippen LogP contribution in [0.4, 0.5) is 0 Å². The maximum absolute atomic E-state index is 10.9. The van der Waals surface area contributed by atoms with Crippen molar-refractivity contribution >= 4 is 5.97 Å². The number of methoxy groups -OCH3 is 1. The van der Waals surface area contributed by atoms with Crippen LogP contribution in [0.5, 0.6) is 0 Å². The third-order valence-corrected chi connectivity index (χ3v) is 1.51. The molecule has 0 aliphatic rings. The lowest BCUT2D eigenvalue weighted by atomic mass is 10.2. The number of ether oxygens (including phenoxy) is 1. The van der Waals surface area contributed by atoms with Crippen LogP contribution in [0, 0.1) is 0 Å². The predicted molar refractivity (Wildman–Crippen MR) is 42.2 cm³/mol. The number of carbonyl (C=O) groups excluding carboxylic acids is 1. The maximum atomic E-state index is 10.9. The van der Waals surface area contributed by atoms with Crippen molar-refractivity contribution in [3.63, 3.8) is 0 Å². The van der Waals surface area contributed by atoms with Gasteiger partial charge >= 0.3 is 5.97 Å². The van der Waals surface area contributed by atoms with Gasteiger partial charge in [0.15, 0.2) is 0 Å². The van der Waals surface area contributed by atoms with Crippen LogP contribution in [-0.2, 0) is 16.6 Å². The van der Waals surface area contributed by atoms with E-state index in [1.54, 1.807) is 24.0 Å². The van der Waals surface area contributed by atoms with Crippen LogP contribution in [0.3, 0.4) is 0 Å². The van der Waals surface area contributed by atoms with Crippen LogP contribution in [0.15, 0.2) is 12.3 Å². The van der Waals surface area contributed by atoms with Gasteiger partial charge in [0.1, 0.15) is 6.04 Å². The summed E-state index contributed by atoms with van der Waals surface area (Å²) >= 11 is 0. The number of nitrogens with zero attached hydrogens (tertiary/aromatic N) is 2. The van der Waals surface area contributed by atoms with E-state index in [0.717, 1.165) is 0 Å². The van der Waals surface area contributed by atoms with E-state index in [0.29, 0.717) is 5.69 Å². The van der Waals surface area contributed by atoms with Crippen molar-refractivity contribution in [1.82, 2.24) is 9.78 Å². The quantitative estimate of drug-likeness (QED) is 0.611. The van der Waals surface area contributed by atoms with Gasteiger partial charge in [-0.25, -0.2) is 4.79 Å². The normalized spacial score (nSPS) is 12.6. The molecule has 1 aromatic rings. The number of hydrogen-bond donors (Lipinski definition) is 1. The summed E-state index contributed by atoms with van der Waals surface area (Å²) in [6.07, 6.45) is 1.72.